The van der Waals surface area contributed by atoms with Crippen LogP contribution in [0.3, 0.4) is 0 Å². The number of benzene rings is 1. The van der Waals surface area contributed by atoms with Gasteiger partial charge in [0.2, 0.25) is 0 Å². The van der Waals surface area contributed by atoms with Crippen molar-refractivity contribution >= 4 is 16.7 Å². The molecule has 108 valence electrons. The Kier molecular flexibility index (Phi) is 3.04. The fourth-order valence-corrected chi connectivity index (χ4v) is 3.41. The number of hydrogen-bond donors (Lipinski definition) is 1. The summed E-state index contributed by atoms with van der Waals surface area (Å²) in [4.78, 5) is 12.5. The van der Waals surface area contributed by atoms with Crippen molar-refractivity contribution in [2.24, 2.45) is 5.92 Å². The molecule has 1 N–H and O–H groups in total. The van der Waals surface area contributed by atoms with Crippen LogP contribution in [-0.2, 0) is 4.79 Å². The average Bonchev–Trinajstić information content (AvgIpc) is 2.84. The Labute approximate surface area is 124 Å². The van der Waals surface area contributed by atoms with E-state index in [4.69, 9.17) is 0 Å². The standard InChI is InChI=1S/C17H19N3O/c21-17-10-18-9-13-5-3-4-8-16(13)20(17)19-11-14-6-1-2-7-15(14)12-19/h1-2,6-8,11-13,18H,3-5,9-10H2. The molecule has 4 nitrogen and oxygen atoms in total. The summed E-state index contributed by atoms with van der Waals surface area (Å²) in [5.41, 5.74) is 1.16. The summed E-state index contributed by atoms with van der Waals surface area (Å²) in [6.07, 6.45) is 9.77. The quantitative estimate of drug-likeness (QED) is 0.871. The van der Waals surface area contributed by atoms with E-state index in [-0.39, 0.29) is 5.91 Å². The Bertz CT molecular complexity index is 683. The number of carbonyl (C=O) groups excluding carboxylic acids is 1. The molecule has 0 spiro atoms. The Morgan fingerprint density at radius 1 is 1.14 bits per heavy atom. The highest BCUT2D eigenvalue weighted by Gasteiger charge is 2.30. The molecule has 0 radical (unpaired) electrons. The van der Waals surface area contributed by atoms with Crippen molar-refractivity contribution < 1.29 is 4.79 Å². The van der Waals surface area contributed by atoms with E-state index < -0.39 is 0 Å². The number of amides is 1. The van der Waals surface area contributed by atoms with Crippen molar-refractivity contribution in [2.45, 2.75) is 19.3 Å². The third kappa shape index (κ3) is 2.16. The van der Waals surface area contributed by atoms with Crippen molar-refractivity contribution in [3.63, 3.8) is 0 Å². The second-order valence-electron chi connectivity index (χ2n) is 5.86. The molecule has 1 aliphatic carbocycles. The normalized spacial score (nSPS) is 22.9. The monoisotopic (exact) mass is 281 g/mol. The number of fused-ring (bicyclic) bond motifs is 2. The minimum absolute atomic E-state index is 0.117. The molecule has 1 aliphatic heterocycles. The molecule has 4 rings (SSSR count). The van der Waals surface area contributed by atoms with Gasteiger partial charge in [0, 0.05) is 41.3 Å². The van der Waals surface area contributed by atoms with Gasteiger partial charge in [-0.3, -0.25) is 9.47 Å². The molecule has 0 saturated carbocycles. The number of aromatic nitrogens is 1. The molecule has 1 saturated heterocycles. The molecule has 4 heteroatoms. The van der Waals surface area contributed by atoms with Crippen LogP contribution in [0.25, 0.3) is 10.8 Å². The lowest BCUT2D eigenvalue weighted by Gasteiger charge is -2.31. The molecule has 2 aromatic rings. The lowest BCUT2D eigenvalue weighted by atomic mass is 9.92. The molecular weight excluding hydrogens is 262 g/mol. The van der Waals surface area contributed by atoms with E-state index in [0.29, 0.717) is 12.5 Å². The molecule has 1 aromatic heterocycles. The first kappa shape index (κ1) is 12.7. The molecule has 0 bridgehead atoms. The summed E-state index contributed by atoms with van der Waals surface area (Å²) >= 11 is 0. The van der Waals surface area contributed by atoms with E-state index >= 15 is 0 Å². The van der Waals surface area contributed by atoms with Crippen molar-refractivity contribution in [1.82, 2.24) is 9.99 Å². The maximum Gasteiger partial charge on any atom is 0.259 e. The predicted molar refractivity (Wildman–Crippen MR) is 83.5 cm³/mol. The van der Waals surface area contributed by atoms with Gasteiger partial charge in [0.25, 0.3) is 5.91 Å². The minimum Gasteiger partial charge on any atom is -0.308 e. The van der Waals surface area contributed by atoms with Crippen molar-refractivity contribution in [3.05, 3.63) is 48.4 Å². The number of hydrogen-bond acceptors (Lipinski definition) is 2. The van der Waals surface area contributed by atoms with Crippen LogP contribution in [0.2, 0.25) is 0 Å². The lowest BCUT2D eigenvalue weighted by molar-refractivity contribution is -0.118. The summed E-state index contributed by atoms with van der Waals surface area (Å²) in [5, 5.41) is 7.47. The van der Waals surface area contributed by atoms with Crippen LogP contribution >= 0.6 is 0 Å². The average molecular weight is 281 g/mol. The second-order valence-corrected chi connectivity index (χ2v) is 5.86. The van der Waals surface area contributed by atoms with E-state index in [9.17, 15) is 4.79 Å². The maximum atomic E-state index is 12.5. The van der Waals surface area contributed by atoms with Crippen molar-refractivity contribution in [1.29, 1.82) is 0 Å². The van der Waals surface area contributed by atoms with Crippen LogP contribution in [0, 0.1) is 5.92 Å². The number of carbonyl (C=O) groups is 1. The molecule has 2 aliphatic rings. The van der Waals surface area contributed by atoms with Gasteiger partial charge in [-0.05, 0) is 19.3 Å². The van der Waals surface area contributed by atoms with Gasteiger partial charge in [-0.25, -0.2) is 5.01 Å². The highest BCUT2D eigenvalue weighted by Crippen LogP contribution is 2.29. The second kappa shape index (κ2) is 5.04. The minimum atomic E-state index is 0.117. The zero-order chi connectivity index (χ0) is 14.2. The fourth-order valence-electron chi connectivity index (χ4n) is 3.41. The highest BCUT2D eigenvalue weighted by atomic mass is 16.2. The Morgan fingerprint density at radius 2 is 1.90 bits per heavy atom. The van der Waals surface area contributed by atoms with Gasteiger partial charge in [0.1, 0.15) is 0 Å². The van der Waals surface area contributed by atoms with E-state index in [1.165, 1.54) is 6.42 Å². The SMILES string of the molecule is O=C1CNCC2CCCC=C2N1n1cc2ccccc2c1. The molecule has 1 fully saturated rings. The first-order chi connectivity index (χ1) is 10.3. The summed E-state index contributed by atoms with van der Waals surface area (Å²) in [5.74, 6) is 0.557. The molecular formula is C17H19N3O. The van der Waals surface area contributed by atoms with Crippen LogP contribution in [0.4, 0.5) is 0 Å². The van der Waals surface area contributed by atoms with E-state index in [1.54, 1.807) is 0 Å². The summed E-state index contributed by atoms with van der Waals surface area (Å²) in [7, 11) is 0. The lowest BCUT2D eigenvalue weighted by Crippen LogP contribution is -2.42. The van der Waals surface area contributed by atoms with Gasteiger partial charge in [-0.15, -0.1) is 0 Å². The zero-order valence-electron chi connectivity index (χ0n) is 12.0. The maximum absolute atomic E-state index is 12.5. The molecule has 1 unspecified atom stereocenters. The van der Waals surface area contributed by atoms with Gasteiger partial charge in [0.15, 0.2) is 0 Å². The topological polar surface area (TPSA) is 37.3 Å². The number of rotatable bonds is 1. The number of nitrogens with one attached hydrogen (secondary N) is 1. The highest BCUT2D eigenvalue weighted by molar-refractivity contribution is 5.92. The van der Waals surface area contributed by atoms with Crippen molar-refractivity contribution in [3.8, 4) is 0 Å². The van der Waals surface area contributed by atoms with Gasteiger partial charge in [0.05, 0.1) is 6.54 Å². The zero-order valence-corrected chi connectivity index (χ0v) is 12.0. The van der Waals surface area contributed by atoms with Crippen LogP contribution in [-0.4, -0.2) is 23.7 Å². The van der Waals surface area contributed by atoms with Gasteiger partial charge in [-0.2, -0.15) is 0 Å². The van der Waals surface area contributed by atoms with E-state index in [0.717, 1.165) is 35.9 Å². The molecule has 1 aromatic carbocycles. The fraction of sp³-hybridized carbons (Fsp3) is 0.353. The predicted octanol–water partition coefficient (Wildman–Crippen LogP) is 2.39. The number of nitrogens with zero attached hydrogens (tertiary/aromatic N) is 2. The molecule has 1 atom stereocenters. The molecule has 1 amide bonds. The van der Waals surface area contributed by atoms with E-state index in [2.05, 4.69) is 23.5 Å². The summed E-state index contributed by atoms with van der Waals surface area (Å²) < 4.78 is 1.96. The van der Waals surface area contributed by atoms with Crippen molar-refractivity contribution in [2.75, 3.05) is 18.1 Å². The van der Waals surface area contributed by atoms with Crippen LogP contribution in [0.5, 0.6) is 0 Å². The summed E-state index contributed by atoms with van der Waals surface area (Å²) in [6.45, 7) is 1.30. The first-order valence-corrected chi connectivity index (χ1v) is 7.64. The van der Waals surface area contributed by atoms with Crippen LogP contribution in [0.15, 0.2) is 48.4 Å². The Balaban J connectivity index is 1.82. The van der Waals surface area contributed by atoms with E-state index in [1.807, 2.05) is 34.2 Å². The largest absolute Gasteiger partial charge is 0.308 e. The molecule has 2 heterocycles. The smallest absolute Gasteiger partial charge is 0.259 e. The molecule has 21 heavy (non-hydrogen) atoms. The van der Waals surface area contributed by atoms with Crippen LogP contribution < -0.4 is 10.3 Å². The van der Waals surface area contributed by atoms with Gasteiger partial charge in [-0.1, -0.05) is 30.3 Å². The first-order valence-electron chi connectivity index (χ1n) is 7.64. The number of allylic oxidation sites excluding steroid dienone is 1. The summed E-state index contributed by atoms with van der Waals surface area (Å²) in [6, 6.07) is 8.22. The Hall–Kier alpha value is -2.07. The van der Waals surface area contributed by atoms with Crippen LogP contribution in [0.1, 0.15) is 19.3 Å². The van der Waals surface area contributed by atoms with Gasteiger partial charge >= 0.3 is 0 Å². The third-order valence-corrected chi connectivity index (χ3v) is 4.45. The Morgan fingerprint density at radius 3 is 2.67 bits per heavy atom. The third-order valence-electron chi connectivity index (χ3n) is 4.45. The van der Waals surface area contributed by atoms with Gasteiger partial charge < -0.3 is 5.32 Å².